The van der Waals surface area contributed by atoms with Gasteiger partial charge in [0.05, 0.1) is 0 Å². The van der Waals surface area contributed by atoms with Gasteiger partial charge in [-0.2, -0.15) is 0 Å². The fraction of sp³-hybridized carbons (Fsp3) is 0.650. The van der Waals surface area contributed by atoms with Gasteiger partial charge in [-0.25, -0.2) is 0 Å². The summed E-state index contributed by atoms with van der Waals surface area (Å²) in [4.78, 5) is 14.6. The van der Waals surface area contributed by atoms with Gasteiger partial charge >= 0.3 is 6.36 Å². The third kappa shape index (κ3) is 4.75. The van der Waals surface area contributed by atoms with Crippen molar-refractivity contribution in [2.45, 2.75) is 50.4 Å². The molecule has 1 aromatic carbocycles. The van der Waals surface area contributed by atoms with Crippen LogP contribution in [0.15, 0.2) is 24.3 Å². The number of carbonyl (C=O) groups is 1. The molecule has 3 aliphatic rings. The lowest BCUT2D eigenvalue weighted by molar-refractivity contribution is -0.274. The number of rotatable bonds is 6. The number of nitrogens with one attached hydrogen (secondary N) is 1. The smallest absolute Gasteiger partial charge is 0.405 e. The third-order valence-corrected chi connectivity index (χ3v) is 5.85. The van der Waals surface area contributed by atoms with E-state index in [9.17, 15) is 18.0 Å². The summed E-state index contributed by atoms with van der Waals surface area (Å²) in [5.74, 6) is 0.326. The summed E-state index contributed by atoms with van der Waals surface area (Å²) in [5.41, 5.74) is 0.481. The van der Waals surface area contributed by atoms with Crippen LogP contribution in [0.2, 0.25) is 0 Å². The predicted molar refractivity (Wildman–Crippen MR) is 94.3 cm³/mol. The molecule has 1 aliphatic heterocycles. The number of ether oxygens (including phenoxy) is 1. The molecule has 1 amide bonds. The van der Waals surface area contributed by atoms with Crippen LogP contribution in [-0.2, 0) is 4.79 Å². The Morgan fingerprint density at radius 3 is 2.52 bits per heavy atom. The average Bonchev–Trinajstić information content (AvgIpc) is 3.53. The molecule has 0 bridgehead atoms. The van der Waals surface area contributed by atoms with Crippen LogP contribution in [0.3, 0.4) is 0 Å². The maximum Gasteiger partial charge on any atom is 0.573 e. The van der Waals surface area contributed by atoms with Crippen LogP contribution in [0.4, 0.5) is 13.2 Å². The van der Waals surface area contributed by atoms with Gasteiger partial charge in [-0.15, -0.1) is 13.2 Å². The number of halogens is 3. The first kappa shape index (κ1) is 18.6. The molecule has 2 unspecified atom stereocenters. The molecule has 2 aliphatic carbocycles. The van der Waals surface area contributed by atoms with E-state index in [4.69, 9.17) is 0 Å². The van der Waals surface area contributed by atoms with Gasteiger partial charge < -0.3 is 15.0 Å². The van der Waals surface area contributed by atoms with E-state index in [1.165, 1.54) is 25.0 Å². The number of para-hydroxylation sites is 1. The Kier molecular flexibility index (Phi) is 5.05. The lowest BCUT2D eigenvalue weighted by atomic mass is 10.0. The van der Waals surface area contributed by atoms with Crippen LogP contribution < -0.4 is 10.1 Å². The molecule has 1 N–H and O–H groups in total. The summed E-state index contributed by atoms with van der Waals surface area (Å²) in [6.45, 7) is 2.54. The molecule has 148 valence electrons. The molecule has 0 aromatic heterocycles. The van der Waals surface area contributed by atoms with E-state index in [1.807, 2.05) is 4.90 Å². The quantitative estimate of drug-likeness (QED) is 0.816. The fourth-order valence-electron chi connectivity index (χ4n) is 4.01. The van der Waals surface area contributed by atoms with Crippen LogP contribution >= 0.6 is 0 Å². The highest BCUT2D eigenvalue weighted by molar-refractivity contribution is 5.83. The van der Waals surface area contributed by atoms with Crippen molar-refractivity contribution in [3.63, 3.8) is 0 Å². The first-order valence-electron chi connectivity index (χ1n) is 9.77. The van der Waals surface area contributed by atoms with Gasteiger partial charge in [-0.05, 0) is 62.1 Å². The molecule has 1 heterocycles. The van der Waals surface area contributed by atoms with Crippen molar-refractivity contribution < 1.29 is 22.7 Å². The van der Waals surface area contributed by atoms with Crippen molar-refractivity contribution in [3.05, 3.63) is 29.8 Å². The molecule has 1 aromatic rings. The number of carbonyl (C=O) groups excluding carboxylic acids is 1. The van der Waals surface area contributed by atoms with Crippen molar-refractivity contribution in [1.29, 1.82) is 0 Å². The summed E-state index contributed by atoms with van der Waals surface area (Å²) in [6, 6.07) is 6.64. The number of amides is 1. The molecular formula is C20H25F3N2O2. The number of piperidine rings is 1. The zero-order valence-corrected chi connectivity index (χ0v) is 15.2. The van der Waals surface area contributed by atoms with Gasteiger partial charge in [0.2, 0.25) is 5.91 Å². The predicted octanol–water partition coefficient (Wildman–Crippen LogP) is 3.68. The second-order valence-electron chi connectivity index (χ2n) is 7.99. The van der Waals surface area contributed by atoms with Gasteiger partial charge in [0.1, 0.15) is 5.75 Å². The van der Waals surface area contributed by atoms with Crippen molar-refractivity contribution in [2.24, 2.45) is 11.8 Å². The van der Waals surface area contributed by atoms with Gasteiger partial charge in [0, 0.05) is 25.0 Å². The second kappa shape index (κ2) is 7.34. The molecule has 1 saturated heterocycles. The van der Waals surface area contributed by atoms with Crippen LogP contribution in [0.25, 0.3) is 0 Å². The van der Waals surface area contributed by atoms with Crippen molar-refractivity contribution in [2.75, 3.05) is 19.6 Å². The normalized spacial score (nSPS) is 26.1. The summed E-state index contributed by atoms with van der Waals surface area (Å²) >= 11 is 0. The minimum atomic E-state index is -4.72. The van der Waals surface area contributed by atoms with E-state index in [0.717, 1.165) is 38.4 Å². The third-order valence-electron chi connectivity index (χ3n) is 5.85. The van der Waals surface area contributed by atoms with E-state index in [1.54, 1.807) is 12.1 Å². The van der Waals surface area contributed by atoms with Crippen LogP contribution in [-0.4, -0.2) is 42.8 Å². The second-order valence-corrected chi connectivity index (χ2v) is 7.99. The summed E-state index contributed by atoms with van der Waals surface area (Å²) in [7, 11) is 0. The first-order valence-corrected chi connectivity index (χ1v) is 9.77. The van der Waals surface area contributed by atoms with E-state index < -0.39 is 6.36 Å². The number of benzene rings is 1. The molecule has 4 nitrogen and oxygen atoms in total. The van der Waals surface area contributed by atoms with E-state index in [0.29, 0.717) is 18.0 Å². The molecule has 0 spiro atoms. The highest BCUT2D eigenvalue weighted by Gasteiger charge is 2.48. The van der Waals surface area contributed by atoms with Crippen molar-refractivity contribution in [1.82, 2.24) is 10.2 Å². The Morgan fingerprint density at radius 2 is 1.85 bits per heavy atom. The summed E-state index contributed by atoms with van der Waals surface area (Å²) < 4.78 is 41.9. The fourth-order valence-corrected chi connectivity index (χ4v) is 4.01. The number of hydrogen-bond acceptors (Lipinski definition) is 3. The highest BCUT2D eigenvalue weighted by atomic mass is 19.4. The largest absolute Gasteiger partial charge is 0.573 e. The lowest BCUT2D eigenvalue weighted by Crippen LogP contribution is -2.46. The Hall–Kier alpha value is -1.76. The zero-order chi connectivity index (χ0) is 19.0. The maximum atomic E-state index is 12.8. The van der Waals surface area contributed by atoms with Crippen LogP contribution in [0.1, 0.15) is 43.6 Å². The van der Waals surface area contributed by atoms with Gasteiger partial charge in [-0.1, -0.05) is 18.2 Å². The highest BCUT2D eigenvalue weighted by Crippen LogP contribution is 2.51. The Bertz CT molecular complexity index is 682. The van der Waals surface area contributed by atoms with Crippen molar-refractivity contribution >= 4 is 5.91 Å². The SMILES string of the molecule is O=C(C1CC1c1ccccc1OC(F)(F)F)N1CCC(NCC2CC2)CC1. The summed E-state index contributed by atoms with van der Waals surface area (Å²) in [5, 5.41) is 3.59. The van der Waals surface area contributed by atoms with Crippen molar-refractivity contribution in [3.8, 4) is 5.75 Å². The number of alkyl halides is 3. The van der Waals surface area contributed by atoms with Crippen LogP contribution in [0.5, 0.6) is 5.75 Å². The Labute approximate surface area is 157 Å². The maximum absolute atomic E-state index is 12.8. The number of hydrogen-bond donors (Lipinski definition) is 1. The van der Waals surface area contributed by atoms with Gasteiger partial charge in [0.15, 0.2) is 0 Å². The van der Waals surface area contributed by atoms with E-state index in [2.05, 4.69) is 10.1 Å². The topological polar surface area (TPSA) is 41.6 Å². The van der Waals surface area contributed by atoms with Gasteiger partial charge in [0.25, 0.3) is 0 Å². The Balaban J connectivity index is 1.30. The monoisotopic (exact) mass is 382 g/mol. The minimum absolute atomic E-state index is 0.0717. The number of nitrogens with zero attached hydrogens (tertiary/aromatic N) is 1. The van der Waals surface area contributed by atoms with Crippen LogP contribution in [0, 0.1) is 11.8 Å². The first-order chi connectivity index (χ1) is 12.9. The molecule has 4 rings (SSSR count). The molecule has 3 fully saturated rings. The minimum Gasteiger partial charge on any atom is -0.405 e. The molecular weight excluding hydrogens is 357 g/mol. The van der Waals surface area contributed by atoms with E-state index >= 15 is 0 Å². The molecule has 27 heavy (non-hydrogen) atoms. The Morgan fingerprint density at radius 1 is 1.15 bits per heavy atom. The molecule has 7 heteroatoms. The van der Waals surface area contributed by atoms with Gasteiger partial charge in [-0.3, -0.25) is 4.79 Å². The molecule has 0 radical (unpaired) electrons. The van der Waals surface area contributed by atoms with E-state index in [-0.39, 0.29) is 23.5 Å². The lowest BCUT2D eigenvalue weighted by Gasteiger charge is -2.33. The average molecular weight is 382 g/mol. The zero-order valence-electron chi connectivity index (χ0n) is 15.2. The standard InChI is InChI=1S/C20H25F3N2O2/c21-20(22,23)27-18-4-2-1-3-15(18)16-11-17(16)19(26)25-9-7-14(8-10-25)24-12-13-5-6-13/h1-4,13-14,16-17,24H,5-12H2. The molecule has 2 saturated carbocycles. The number of likely N-dealkylation sites (tertiary alicyclic amines) is 1. The molecule has 2 atom stereocenters. The summed E-state index contributed by atoms with van der Waals surface area (Å²) in [6.07, 6.45) is 0.420.